The minimum atomic E-state index is 0.399. The Bertz CT molecular complexity index is 728. The second-order valence-corrected chi connectivity index (χ2v) is 17.9. The molecule has 1 heterocycles. The lowest BCUT2D eigenvalue weighted by Gasteiger charge is -2.32. The topological polar surface area (TPSA) is 38.8 Å². The zero-order chi connectivity index (χ0) is 39.5. The Hall–Kier alpha value is -0.650. The van der Waals surface area contributed by atoms with Crippen molar-refractivity contribution in [1.82, 2.24) is 20.0 Å². The number of unbranched alkanes of at least 4 members (excludes halogenated alkanes) is 33. The van der Waals surface area contributed by atoms with E-state index in [4.69, 9.17) is 0 Å². The van der Waals surface area contributed by atoms with Crippen LogP contribution in [0.4, 0.5) is 0 Å². The summed E-state index contributed by atoms with van der Waals surface area (Å²) in [6.45, 7) is 17.0. The fourth-order valence-electron chi connectivity index (χ4n) is 8.62. The lowest BCUT2D eigenvalue weighted by Crippen LogP contribution is -2.48. The predicted octanol–water partition coefficient (Wildman–Crippen LogP) is 14.1. The van der Waals surface area contributed by atoms with Gasteiger partial charge in [-0.15, -0.1) is 0 Å². The quantitative estimate of drug-likeness (QED) is 0.0626. The highest BCUT2D eigenvalue weighted by molar-refractivity contribution is 5.78. The van der Waals surface area contributed by atoms with Crippen LogP contribution < -0.4 is 5.32 Å². The Morgan fingerprint density at radius 3 is 1.02 bits per heavy atom. The highest BCUT2D eigenvalue weighted by Gasteiger charge is 2.19. The lowest BCUT2D eigenvalue weighted by molar-refractivity contribution is -0.132. The van der Waals surface area contributed by atoms with Gasteiger partial charge in [0.2, 0.25) is 5.91 Å². The second kappa shape index (κ2) is 42.9. The standard InChI is InChI=1S/C50H102N4O/c1-4-7-10-13-16-19-22-25-28-31-34-37-42-53(43-38-35-32-29-26-23-20-17-14-11-8-5-2)49-50(55)54(48-47-52-45-40-51-41-46-52)44-39-36-33-30-27-24-21-18-15-12-9-6-3/h51H,4-49H2,1-3H3. The molecule has 0 unspecified atom stereocenters. The van der Waals surface area contributed by atoms with Crippen molar-refractivity contribution in [3.63, 3.8) is 0 Å². The molecular weight excluding hydrogens is 673 g/mol. The van der Waals surface area contributed by atoms with Crippen molar-refractivity contribution in [3.8, 4) is 0 Å². The van der Waals surface area contributed by atoms with Gasteiger partial charge in [0.15, 0.2) is 0 Å². The van der Waals surface area contributed by atoms with Crippen LogP contribution in [-0.4, -0.2) is 86.1 Å². The highest BCUT2D eigenvalue weighted by Crippen LogP contribution is 2.16. The summed E-state index contributed by atoms with van der Waals surface area (Å²) in [4.78, 5) is 21.5. The normalized spacial score (nSPS) is 13.7. The van der Waals surface area contributed by atoms with Crippen molar-refractivity contribution in [2.75, 3.05) is 65.4 Å². The molecule has 55 heavy (non-hydrogen) atoms. The number of amides is 1. The second-order valence-electron chi connectivity index (χ2n) is 17.9. The molecule has 1 fully saturated rings. The van der Waals surface area contributed by atoms with E-state index < -0.39 is 0 Å². The third-order valence-corrected chi connectivity index (χ3v) is 12.5. The van der Waals surface area contributed by atoms with Crippen LogP contribution in [0.3, 0.4) is 0 Å². The van der Waals surface area contributed by atoms with E-state index in [1.54, 1.807) is 0 Å². The van der Waals surface area contributed by atoms with Gasteiger partial charge in [0, 0.05) is 45.8 Å². The number of hydrogen-bond acceptors (Lipinski definition) is 4. The number of carbonyl (C=O) groups is 1. The summed E-state index contributed by atoms with van der Waals surface area (Å²) >= 11 is 0. The van der Waals surface area contributed by atoms with E-state index in [-0.39, 0.29) is 0 Å². The molecule has 0 bridgehead atoms. The molecule has 1 aliphatic rings. The number of piperazine rings is 1. The molecular formula is C50H102N4O. The van der Waals surface area contributed by atoms with Crippen molar-refractivity contribution in [2.24, 2.45) is 0 Å². The maximum atomic E-state index is 14.0. The largest absolute Gasteiger partial charge is 0.340 e. The molecule has 328 valence electrons. The van der Waals surface area contributed by atoms with Gasteiger partial charge >= 0.3 is 0 Å². The molecule has 5 heteroatoms. The van der Waals surface area contributed by atoms with Gasteiger partial charge in [-0.2, -0.15) is 0 Å². The SMILES string of the molecule is CCCCCCCCCCCCCCN(CCCCCCCCCCCCCC)CC(=O)N(CCCCCCCCCCCCCC)CCN1CCNCC1. The number of rotatable bonds is 44. The number of carbonyl (C=O) groups excluding carboxylic acids is 1. The van der Waals surface area contributed by atoms with Crippen LogP contribution in [0.2, 0.25) is 0 Å². The van der Waals surface area contributed by atoms with Gasteiger partial charge < -0.3 is 10.2 Å². The average Bonchev–Trinajstić information content (AvgIpc) is 3.20. The number of nitrogens with one attached hydrogen (secondary N) is 1. The van der Waals surface area contributed by atoms with E-state index in [0.717, 1.165) is 58.9 Å². The molecule has 0 aromatic heterocycles. The zero-order valence-electron chi connectivity index (χ0n) is 38.3. The molecule has 1 saturated heterocycles. The van der Waals surface area contributed by atoms with Crippen molar-refractivity contribution < 1.29 is 4.79 Å². The van der Waals surface area contributed by atoms with E-state index in [1.165, 1.54) is 231 Å². The summed E-state index contributed by atoms with van der Waals surface area (Å²) < 4.78 is 0. The Morgan fingerprint density at radius 1 is 0.400 bits per heavy atom. The third-order valence-electron chi connectivity index (χ3n) is 12.5. The Kier molecular flexibility index (Phi) is 40.9. The lowest BCUT2D eigenvalue weighted by atomic mass is 10.0. The first-order valence-electron chi connectivity index (χ1n) is 25.6. The van der Waals surface area contributed by atoms with E-state index in [2.05, 4.69) is 40.8 Å². The summed E-state index contributed by atoms with van der Waals surface area (Å²) in [6, 6.07) is 0. The molecule has 0 aliphatic carbocycles. The van der Waals surface area contributed by atoms with Crippen LogP contribution in [-0.2, 0) is 4.79 Å². The van der Waals surface area contributed by atoms with Crippen LogP contribution in [0.25, 0.3) is 0 Å². The Morgan fingerprint density at radius 2 is 0.691 bits per heavy atom. The van der Waals surface area contributed by atoms with Gasteiger partial charge in [-0.1, -0.05) is 233 Å². The van der Waals surface area contributed by atoms with Crippen molar-refractivity contribution in [1.29, 1.82) is 0 Å². The highest BCUT2D eigenvalue weighted by atomic mass is 16.2. The molecule has 5 nitrogen and oxygen atoms in total. The average molecular weight is 775 g/mol. The van der Waals surface area contributed by atoms with E-state index >= 15 is 0 Å². The summed E-state index contributed by atoms with van der Waals surface area (Å²) in [7, 11) is 0. The fraction of sp³-hybridized carbons (Fsp3) is 0.980. The first-order chi connectivity index (χ1) is 27.2. The maximum absolute atomic E-state index is 14.0. The van der Waals surface area contributed by atoms with Gasteiger partial charge in [-0.3, -0.25) is 14.6 Å². The van der Waals surface area contributed by atoms with Gasteiger partial charge in [-0.25, -0.2) is 0 Å². The van der Waals surface area contributed by atoms with Gasteiger partial charge in [0.05, 0.1) is 6.54 Å². The number of hydrogen-bond donors (Lipinski definition) is 1. The summed E-state index contributed by atoms with van der Waals surface area (Å²) in [5.41, 5.74) is 0. The molecule has 0 spiro atoms. The number of nitrogens with zero attached hydrogens (tertiary/aromatic N) is 3. The van der Waals surface area contributed by atoms with Gasteiger partial charge in [0.1, 0.15) is 0 Å². The van der Waals surface area contributed by atoms with Crippen molar-refractivity contribution in [2.45, 2.75) is 252 Å². The zero-order valence-corrected chi connectivity index (χ0v) is 38.3. The van der Waals surface area contributed by atoms with E-state index in [9.17, 15) is 4.79 Å². The molecule has 0 saturated carbocycles. The minimum Gasteiger partial charge on any atom is -0.340 e. The Balaban J connectivity index is 2.51. The first kappa shape index (κ1) is 52.4. The van der Waals surface area contributed by atoms with E-state index in [1.807, 2.05) is 0 Å². The van der Waals surface area contributed by atoms with Crippen LogP contribution in [0.1, 0.15) is 252 Å². The maximum Gasteiger partial charge on any atom is 0.236 e. The monoisotopic (exact) mass is 775 g/mol. The van der Waals surface area contributed by atoms with Crippen LogP contribution >= 0.6 is 0 Å². The molecule has 0 aromatic carbocycles. The fourth-order valence-corrected chi connectivity index (χ4v) is 8.62. The molecule has 1 aliphatic heterocycles. The van der Waals surface area contributed by atoms with Crippen LogP contribution in [0, 0.1) is 0 Å². The Labute approximate surface area is 347 Å². The van der Waals surface area contributed by atoms with Crippen molar-refractivity contribution in [3.05, 3.63) is 0 Å². The first-order valence-corrected chi connectivity index (χ1v) is 25.6. The van der Waals surface area contributed by atoms with Gasteiger partial charge in [-0.05, 0) is 32.4 Å². The van der Waals surface area contributed by atoms with Crippen LogP contribution in [0.5, 0.6) is 0 Å². The molecule has 0 aromatic rings. The minimum absolute atomic E-state index is 0.399. The summed E-state index contributed by atoms with van der Waals surface area (Å²) in [5, 5.41) is 3.50. The molecule has 0 radical (unpaired) electrons. The van der Waals surface area contributed by atoms with Crippen molar-refractivity contribution >= 4 is 5.91 Å². The third kappa shape index (κ3) is 36.2. The molecule has 0 atom stereocenters. The van der Waals surface area contributed by atoms with Crippen LogP contribution in [0.15, 0.2) is 0 Å². The molecule has 1 N–H and O–H groups in total. The predicted molar refractivity (Wildman–Crippen MR) is 246 cm³/mol. The molecule has 1 rings (SSSR count). The van der Waals surface area contributed by atoms with E-state index in [0.29, 0.717) is 12.5 Å². The molecule has 1 amide bonds. The smallest absolute Gasteiger partial charge is 0.236 e. The summed E-state index contributed by atoms with van der Waals surface area (Å²) in [5.74, 6) is 0.399. The van der Waals surface area contributed by atoms with Gasteiger partial charge in [0.25, 0.3) is 0 Å². The summed E-state index contributed by atoms with van der Waals surface area (Å²) in [6.07, 6.45) is 49.8.